The number of aryl methyl sites for hydroxylation is 1. The summed E-state index contributed by atoms with van der Waals surface area (Å²) in [5.74, 6) is 0.922. The molecule has 4 aromatic carbocycles. The van der Waals surface area contributed by atoms with Crippen molar-refractivity contribution in [3.63, 3.8) is 0 Å². The number of benzene rings is 4. The highest BCUT2D eigenvalue weighted by atomic mass is 16.3. The number of phenolic OH excluding ortho intramolecular Hbond substituents is 1. The van der Waals surface area contributed by atoms with Crippen LogP contribution in [0.2, 0.25) is 0 Å². The second-order valence-electron chi connectivity index (χ2n) is 9.19. The molecule has 0 unspecified atom stereocenters. The van der Waals surface area contributed by atoms with E-state index >= 15 is 0 Å². The molecule has 1 aromatic heterocycles. The SMILES string of the molecule is CC(=O)CCc1ccc(O)cc1.CCC(=O)c1ccc2ccccc2c1.CCC(C)=O.[c]1occ2ccccc12. The van der Waals surface area contributed by atoms with Crippen molar-refractivity contribution in [3.05, 3.63) is 115 Å². The third-order valence-corrected chi connectivity index (χ3v) is 5.91. The van der Waals surface area contributed by atoms with E-state index in [0.29, 0.717) is 19.3 Å². The molecule has 40 heavy (non-hydrogen) atoms. The topological polar surface area (TPSA) is 84.6 Å². The molecule has 0 saturated heterocycles. The molecule has 5 rings (SSSR count). The van der Waals surface area contributed by atoms with Crippen molar-refractivity contribution in [3.8, 4) is 5.75 Å². The zero-order valence-corrected chi connectivity index (χ0v) is 23.6. The van der Waals surface area contributed by atoms with E-state index in [-0.39, 0.29) is 23.1 Å². The maximum Gasteiger partial charge on any atom is 0.177 e. The maximum absolute atomic E-state index is 11.5. The van der Waals surface area contributed by atoms with Gasteiger partial charge in [-0.05, 0) is 54.8 Å². The highest BCUT2D eigenvalue weighted by molar-refractivity contribution is 5.99. The Labute approximate surface area is 236 Å². The number of fused-ring (bicyclic) bond motifs is 2. The Kier molecular flexibility index (Phi) is 13.6. The Morgan fingerprint density at radius 3 is 1.90 bits per heavy atom. The minimum atomic E-state index is 0.197. The van der Waals surface area contributed by atoms with Gasteiger partial charge in [0, 0.05) is 35.6 Å². The summed E-state index contributed by atoms with van der Waals surface area (Å²) in [6.45, 7) is 6.90. The van der Waals surface area contributed by atoms with E-state index in [1.54, 1.807) is 32.2 Å². The first kappa shape index (κ1) is 31.7. The van der Waals surface area contributed by atoms with Gasteiger partial charge in [-0.1, -0.05) is 86.6 Å². The Bertz CT molecular complexity index is 1470. The molecule has 5 nitrogen and oxygen atoms in total. The summed E-state index contributed by atoms with van der Waals surface area (Å²) in [6, 6.07) is 28.8. The van der Waals surface area contributed by atoms with Gasteiger partial charge in [0.2, 0.25) is 0 Å². The largest absolute Gasteiger partial charge is 0.508 e. The standard InChI is InChI=1S/C13H12O.C10H12O2.C8H5O.C4H8O/c1-2-13(14)12-8-7-10-5-3-4-6-11(10)9-12;1-8(11)2-3-9-4-6-10(12)7-5-9;1-2-4-8-6-9-5-7(8)3-1;1-3-4(2)5/h3-9H,2H2,1H3;4-7,12H,2-3H2,1H3;1-5H;3H2,1-2H3. The Hall–Kier alpha value is -4.51. The van der Waals surface area contributed by atoms with Gasteiger partial charge in [-0.3, -0.25) is 4.79 Å². The van der Waals surface area contributed by atoms with Gasteiger partial charge in [0.05, 0.1) is 6.26 Å². The Morgan fingerprint density at radius 2 is 1.32 bits per heavy atom. The molecule has 0 amide bonds. The van der Waals surface area contributed by atoms with E-state index in [4.69, 9.17) is 9.52 Å². The van der Waals surface area contributed by atoms with Gasteiger partial charge in [-0.25, -0.2) is 0 Å². The summed E-state index contributed by atoms with van der Waals surface area (Å²) in [5.41, 5.74) is 1.90. The van der Waals surface area contributed by atoms with Crippen LogP contribution < -0.4 is 0 Å². The van der Waals surface area contributed by atoms with Gasteiger partial charge in [0.1, 0.15) is 17.3 Å². The lowest BCUT2D eigenvalue weighted by Crippen LogP contribution is -1.95. The predicted octanol–water partition coefficient (Wildman–Crippen LogP) is 8.56. The molecule has 0 bridgehead atoms. The quantitative estimate of drug-likeness (QED) is 0.219. The molecule has 207 valence electrons. The van der Waals surface area contributed by atoms with Crippen LogP contribution in [0.5, 0.6) is 5.75 Å². The van der Waals surface area contributed by atoms with Crippen molar-refractivity contribution in [2.75, 3.05) is 0 Å². The zero-order valence-electron chi connectivity index (χ0n) is 23.6. The maximum atomic E-state index is 11.5. The van der Waals surface area contributed by atoms with E-state index in [0.717, 1.165) is 33.7 Å². The van der Waals surface area contributed by atoms with Crippen LogP contribution in [0.25, 0.3) is 21.5 Å². The van der Waals surface area contributed by atoms with E-state index < -0.39 is 0 Å². The summed E-state index contributed by atoms with van der Waals surface area (Å²) in [4.78, 5) is 31.9. The predicted molar refractivity (Wildman–Crippen MR) is 162 cm³/mol. The number of phenols is 1. The fourth-order valence-corrected chi connectivity index (χ4v) is 3.40. The second kappa shape index (κ2) is 17.2. The van der Waals surface area contributed by atoms with E-state index in [1.807, 2.05) is 86.6 Å². The monoisotopic (exact) mass is 537 g/mol. The first-order chi connectivity index (χ1) is 19.2. The first-order valence-corrected chi connectivity index (χ1v) is 13.4. The molecule has 0 spiro atoms. The van der Waals surface area contributed by atoms with Crippen LogP contribution in [0.1, 0.15) is 62.9 Å². The number of furan rings is 1. The average molecular weight is 538 g/mol. The van der Waals surface area contributed by atoms with Gasteiger partial charge < -0.3 is 19.1 Å². The lowest BCUT2D eigenvalue weighted by Gasteiger charge is -2.00. The van der Waals surface area contributed by atoms with Gasteiger partial charge >= 0.3 is 0 Å². The van der Waals surface area contributed by atoms with Crippen molar-refractivity contribution < 1.29 is 23.9 Å². The molecule has 5 heteroatoms. The number of hydrogen-bond donors (Lipinski definition) is 1. The smallest absolute Gasteiger partial charge is 0.177 e. The number of carbonyl (C=O) groups excluding carboxylic acids is 3. The zero-order chi connectivity index (χ0) is 29.3. The fraction of sp³-hybridized carbons (Fsp3) is 0.229. The minimum Gasteiger partial charge on any atom is -0.508 e. The molecule has 0 fully saturated rings. The second-order valence-corrected chi connectivity index (χ2v) is 9.19. The summed E-state index contributed by atoms with van der Waals surface area (Å²) in [7, 11) is 0. The van der Waals surface area contributed by atoms with Crippen LogP contribution >= 0.6 is 0 Å². The lowest BCUT2D eigenvalue weighted by molar-refractivity contribution is -0.117. The first-order valence-electron chi connectivity index (χ1n) is 13.4. The van der Waals surface area contributed by atoms with Gasteiger partial charge in [-0.15, -0.1) is 0 Å². The molecule has 0 aliphatic carbocycles. The van der Waals surface area contributed by atoms with E-state index in [2.05, 4.69) is 12.3 Å². The van der Waals surface area contributed by atoms with Crippen molar-refractivity contribution in [2.24, 2.45) is 0 Å². The minimum absolute atomic E-state index is 0.197. The molecule has 1 N–H and O–H groups in total. The van der Waals surface area contributed by atoms with Crippen LogP contribution in [-0.4, -0.2) is 22.5 Å². The van der Waals surface area contributed by atoms with Crippen molar-refractivity contribution in [1.29, 1.82) is 0 Å². The van der Waals surface area contributed by atoms with E-state index in [1.165, 1.54) is 5.39 Å². The van der Waals surface area contributed by atoms with Crippen molar-refractivity contribution in [2.45, 2.75) is 53.4 Å². The normalized spacial score (nSPS) is 9.80. The lowest BCUT2D eigenvalue weighted by atomic mass is 10.0. The number of hydrogen-bond acceptors (Lipinski definition) is 5. The third kappa shape index (κ3) is 11.5. The van der Waals surface area contributed by atoms with Crippen molar-refractivity contribution >= 4 is 38.9 Å². The highest BCUT2D eigenvalue weighted by Crippen LogP contribution is 2.16. The number of carbonyl (C=O) groups is 3. The van der Waals surface area contributed by atoms with Crippen LogP contribution in [0.3, 0.4) is 0 Å². The van der Waals surface area contributed by atoms with Crippen LogP contribution in [0, 0.1) is 6.26 Å². The fourth-order valence-electron chi connectivity index (χ4n) is 3.40. The number of aromatic hydroxyl groups is 1. The molecule has 0 atom stereocenters. The van der Waals surface area contributed by atoms with Crippen LogP contribution in [-0.2, 0) is 16.0 Å². The molecule has 1 heterocycles. The number of rotatable bonds is 6. The molecule has 5 aromatic rings. The Morgan fingerprint density at radius 1 is 0.725 bits per heavy atom. The summed E-state index contributed by atoms with van der Waals surface area (Å²) >= 11 is 0. The molecule has 0 aliphatic rings. The van der Waals surface area contributed by atoms with Gasteiger partial charge in [0.25, 0.3) is 0 Å². The summed E-state index contributed by atoms with van der Waals surface area (Å²) in [6.07, 6.45) is 7.00. The van der Waals surface area contributed by atoms with Gasteiger partial charge in [-0.2, -0.15) is 0 Å². The molecule has 0 aliphatic heterocycles. The van der Waals surface area contributed by atoms with Gasteiger partial charge in [0.15, 0.2) is 12.0 Å². The Balaban J connectivity index is 0.000000197. The molecular weight excluding hydrogens is 500 g/mol. The number of ketones is 3. The summed E-state index contributed by atoms with van der Waals surface area (Å²) in [5, 5.41) is 13.4. The van der Waals surface area contributed by atoms with E-state index in [9.17, 15) is 14.4 Å². The molecular formula is C35H37O5. The molecule has 1 radical (unpaired) electrons. The van der Waals surface area contributed by atoms with Crippen molar-refractivity contribution in [1.82, 2.24) is 0 Å². The van der Waals surface area contributed by atoms with Crippen LogP contribution in [0.15, 0.2) is 102 Å². The highest BCUT2D eigenvalue weighted by Gasteiger charge is 2.02. The third-order valence-electron chi connectivity index (χ3n) is 5.91. The number of Topliss-reactive ketones (excluding diaryl/α,β-unsaturated/α-hetero) is 3. The average Bonchev–Trinajstić information content (AvgIpc) is 3.46. The molecule has 0 saturated carbocycles. The van der Waals surface area contributed by atoms with Crippen LogP contribution in [0.4, 0.5) is 0 Å². The summed E-state index contributed by atoms with van der Waals surface area (Å²) < 4.78 is 4.84.